The fourth-order valence-electron chi connectivity index (χ4n) is 2.71. The first-order chi connectivity index (χ1) is 11.7. The van der Waals surface area contributed by atoms with Crippen molar-refractivity contribution in [1.29, 1.82) is 0 Å². The standard InChI is InChI=1S/C19H28N4O.ClH.H2O/c1-4-7-13-20-17-15-11-8-10-14(9-5-2)16(15)22-23-18(17)19(24)21-12-6-3;;/h8,10-11H,4-7,9,12-13H2,1-3H3,(H,20,22)(H,21,24);1H;1H2. The Kier molecular flexibility index (Phi) is 11.5. The van der Waals surface area contributed by atoms with Crippen molar-refractivity contribution in [3.63, 3.8) is 0 Å². The van der Waals surface area contributed by atoms with Crippen LogP contribution in [0.5, 0.6) is 0 Å². The van der Waals surface area contributed by atoms with Crippen LogP contribution in [-0.2, 0) is 6.42 Å². The number of fused-ring (bicyclic) bond motifs is 1. The van der Waals surface area contributed by atoms with E-state index in [2.05, 4.69) is 40.7 Å². The highest BCUT2D eigenvalue weighted by molar-refractivity contribution is 6.05. The number of rotatable bonds is 9. The smallest absolute Gasteiger partial charge is 0.273 e. The summed E-state index contributed by atoms with van der Waals surface area (Å²) in [4.78, 5) is 12.5. The van der Waals surface area contributed by atoms with Crippen LogP contribution in [0.3, 0.4) is 0 Å². The van der Waals surface area contributed by atoms with Gasteiger partial charge in [-0.15, -0.1) is 22.6 Å². The minimum atomic E-state index is -0.161. The molecule has 0 bridgehead atoms. The molecule has 1 amide bonds. The molecule has 0 aliphatic rings. The zero-order chi connectivity index (χ0) is 17.4. The SMILES string of the molecule is CCCCNc1c(C(=O)NCCC)nnc2c(CCC)cccc12.Cl.O. The molecule has 7 heteroatoms. The molecule has 26 heavy (non-hydrogen) atoms. The van der Waals surface area contributed by atoms with Gasteiger partial charge in [-0.1, -0.05) is 51.8 Å². The molecular weight excluding hydrogens is 352 g/mol. The Morgan fingerprint density at radius 1 is 1.04 bits per heavy atom. The Hall–Kier alpha value is -1.92. The fourth-order valence-corrected chi connectivity index (χ4v) is 2.71. The zero-order valence-corrected chi connectivity index (χ0v) is 16.7. The summed E-state index contributed by atoms with van der Waals surface area (Å²) in [6, 6.07) is 6.15. The maximum atomic E-state index is 12.5. The van der Waals surface area contributed by atoms with Gasteiger partial charge in [0.25, 0.3) is 5.91 Å². The molecule has 1 aromatic heterocycles. The van der Waals surface area contributed by atoms with E-state index in [-0.39, 0.29) is 23.8 Å². The highest BCUT2D eigenvalue weighted by Gasteiger charge is 2.18. The Morgan fingerprint density at radius 3 is 2.46 bits per heavy atom. The van der Waals surface area contributed by atoms with Gasteiger partial charge in [-0.3, -0.25) is 4.79 Å². The predicted molar refractivity (Wildman–Crippen MR) is 110 cm³/mol. The zero-order valence-electron chi connectivity index (χ0n) is 15.9. The molecule has 2 aromatic rings. The number of anilines is 1. The van der Waals surface area contributed by atoms with Crippen LogP contribution < -0.4 is 10.6 Å². The first-order valence-electron chi connectivity index (χ1n) is 9.03. The molecule has 1 heterocycles. The van der Waals surface area contributed by atoms with E-state index in [0.717, 1.165) is 55.2 Å². The number of nitrogens with zero attached hydrogens (tertiary/aromatic N) is 2. The second-order valence-corrected chi connectivity index (χ2v) is 6.02. The van der Waals surface area contributed by atoms with Crippen LogP contribution >= 0.6 is 12.4 Å². The number of aryl methyl sites for hydroxylation is 1. The van der Waals surface area contributed by atoms with Crippen LogP contribution in [0.4, 0.5) is 5.69 Å². The second-order valence-electron chi connectivity index (χ2n) is 6.02. The number of nitrogens with one attached hydrogen (secondary N) is 2. The fraction of sp³-hybridized carbons (Fsp3) is 0.526. The molecule has 6 nitrogen and oxygen atoms in total. The number of unbranched alkanes of at least 4 members (excludes halogenated alkanes) is 1. The summed E-state index contributed by atoms with van der Waals surface area (Å²) in [5, 5.41) is 15.9. The van der Waals surface area contributed by atoms with E-state index in [4.69, 9.17) is 0 Å². The summed E-state index contributed by atoms with van der Waals surface area (Å²) in [6.45, 7) is 7.80. The third kappa shape index (κ3) is 5.81. The van der Waals surface area contributed by atoms with Crippen LogP contribution in [-0.4, -0.2) is 34.7 Å². The lowest BCUT2D eigenvalue weighted by Gasteiger charge is -2.14. The monoisotopic (exact) mass is 382 g/mol. The average molecular weight is 383 g/mol. The van der Waals surface area contributed by atoms with Crippen molar-refractivity contribution < 1.29 is 10.3 Å². The van der Waals surface area contributed by atoms with E-state index in [0.29, 0.717) is 12.2 Å². The molecular formula is C19H31ClN4O2. The van der Waals surface area contributed by atoms with Gasteiger partial charge >= 0.3 is 0 Å². The molecule has 0 saturated carbocycles. The second kappa shape index (κ2) is 12.4. The van der Waals surface area contributed by atoms with Crippen molar-refractivity contribution >= 4 is 34.9 Å². The van der Waals surface area contributed by atoms with Crippen molar-refractivity contribution in [3.8, 4) is 0 Å². The lowest BCUT2D eigenvalue weighted by molar-refractivity contribution is 0.0948. The predicted octanol–water partition coefficient (Wildman–Crippen LogP) is 3.53. The Morgan fingerprint density at radius 2 is 1.81 bits per heavy atom. The number of amides is 1. The Bertz CT molecular complexity index is 695. The van der Waals surface area contributed by atoms with Crippen LogP contribution in [0.1, 0.15) is 62.5 Å². The van der Waals surface area contributed by atoms with E-state index >= 15 is 0 Å². The van der Waals surface area contributed by atoms with Crippen LogP contribution in [0.15, 0.2) is 18.2 Å². The summed E-state index contributed by atoms with van der Waals surface area (Å²) in [7, 11) is 0. The van der Waals surface area contributed by atoms with Gasteiger partial charge in [0.1, 0.15) is 0 Å². The maximum absolute atomic E-state index is 12.5. The van der Waals surface area contributed by atoms with Crippen molar-refractivity contribution in [2.24, 2.45) is 0 Å². The van der Waals surface area contributed by atoms with Gasteiger partial charge in [-0.05, 0) is 24.8 Å². The van der Waals surface area contributed by atoms with Crippen molar-refractivity contribution in [2.75, 3.05) is 18.4 Å². The van der Waals surface area contributed by atoms with Crippen LogP contribution in [0, 0.1) is 0 Å². The number of halogens is 1. The van der Waals surface area contributed by atoms with Gasteiger partial charge in [0.2, 0.25) is 0 Å². The first kappa shape index (κ1) is 24.1. The van der Waals surface area contributed by atoms with Crippen LogP contribution in [0.2, 0.25) is 0 Å². The van der Waals surface area contributed by atoms with Gasteiger partial charge in [-0.25, -0.2) is 0 Å². The van der Waals surface area contributed by atoms with E-state index in [1.165, 1.54) is 5.56 Å². The van der Waals surface area contributed by atoms with E-state index < -0.39 is 0 Å². The highest BCUT2D eigenvalue weighted by Crippen LogP contribution is 2.27. The molecule has 0 saturated heterocycles. The normalized spacial score (nSPS) is 9.96. The Labute approximate surface area is 161 Å². The van der Waals surface area contributed by atoms with E-state index in [9.17, 15) is 4.79 Å². The lowest BCUT2D eigenvalue weighted by Crippen LogP contribution is -2.26. The van der Waals surface area contributed by atoms with Gasteiger partial charge in [0.15, 0.2) is 5.69 Å². The Balaban J connectivity index is 0.00000312. The quantitative estimate of drug-likeness (QED) is 0.648. The topological polar surface area (TPSA) is 98.4 Å². The minimum absolute atomic E-state index is 0. The molecule has 1 aromatic carbocycles. The van der Waals surface area contributed by atoms with Crippen molar-refractivity contribution in [3.05, 3.63) is 29.5 Å². The summed E-state index contributed by atoms with van der Waals surface area (Å²) in [5.41, 5.74) is 3.27. The van der Waals surface area contributed by atoms with Crippen LogP contribution in [0.25, 0.3) is 10.9 Å². The highest BCUT2D eigenvalue weighted by atomic mass is 35.5. The molecule has 0 atom stereocenters. The summed E-state index contributed by atoms with van der Waals surface area (Å²) in [6.07, 6.45) is 5.06. The molecule has 0 unspecified atom stereocenters. The summed E-state index contributed by atoms with van der Waals surface area (Å²) in [5.74, 6) is -0.161. The summed E-state index contributed by atoms with van der Waals surface area (Å²) < 4.78 is 0. The third-order valence-electron chi connectivity index (χ3n) is 3.98. The number of hydrogen-bond acceptors (Lipinski definition) is 4. The van der Waals surface area contributed by atoms with Gasteiger partial charge < -0.3 is 16.1 Å². The number of carbonyl (C=O) groups excluding carboxylic acids is 1. The molecule has 2 rings (SSSR count). The number of carbonyl (C=O) groups is 1. The molecule has 146 valence electrons. The lowest BCUT2D eigenvalue weighted by atomic mass is 10.0. The molecule has 0 aliphatic heterocycles. The van der Waals surface area contributed by atoms with E-state index in [1.807, 2.05) is 19.1 Å². The first-order valence-corrected chi connectivity index (χ1v) is 9.03. The minimum Gasteiger partial charge on any atom is -0.412 e. The summed E-state index contributed by atoms with van der Waals surface area (Å²) >= 11 is 0. The van der Waals surface area contributed by atoms with Gasteiger partial charge in [0, 0.05) is 18.5 Å². The van der Waals surface area contributed by atoms with E-state index in [1.54, 1.807) is 0 Å². The molecule has 0 fully saturated rings. The molecule has 0 spiro atoms. The molecule has 4 N–H and O–H groups in total. The molecule has 0 radical (unpaired) electrons. The number of hydrogen-bond donors (Lipinski definition) is 2. The largest absolute Gasteiger partial charge is 0.412 e. The van der Waals surface area contributed by atoms with Gasteiger partial charge in [0.05, 0.1) is 11.2 Å². The van der Waals surface area contributed by atoms with Crippen molar-refractivity contribution in [2.45, 2.75) is 52.9 Å². The third-order valence-corrected chi connectivity index (χ3v) is 3.98. The van der Waals surface area contributed by atoms with Gasteiger partial charge in [-0.2, -0.15) is 0 Å². The average Bonchev–Trinajstić information content (AvgIpc) is 2.60. The number of aromatic nitrogens is 2. The molecule has 0 aliphatic carbocycles. The van der Waals surface area contributed by atoms with Crippen molar-refractivity contribution in [1.82, 2.24) is 15.5 Å². The maximum Gasteiger partial charge on any atom is 0.273 e. The number of benzene rings is 1.